The quantitative estimate of drug-likeness (QED) is 0.537. The molecule has 10 heteroatoms. The van der Waals surface area contributed by atoms with Crippen molar-refractivity contribution in [2.75, 3.05) is 49.6 Å². The number of hydrogen-bond acceptors (Lipinski definition) is 8. The minimum Gasteiger partial charge on any atom is -0.450 e. The van der Waals surface area contributed by atoms with Crippen LogP contribution in [0.25, 0.3) is 0 Å². The molecule has 1 aromatic heterocycles. The lowest BCUT2D eigenvalue weighted by Crippen LogP contribution is -2.49. The summed E-state index contributed by atoms with van der Waals surface area (Å²) in [6.07, 6.45) is 0.976. The monoisotopic (exact) mass is 400 g/mol. The van der Waals surface area contributed by atoms with Crippen molar-refractivity contribution >= 4 is 23.4 Å². The molecule has 1 aliphatic rings. The molecule has 10 nitrogen and oxygen atoms in total. The number of amides is 1. The van der Waals surface area contributed by atoms with Gasteiger partial charge in [-0.3, -0.25) is 10.1 Å². The summed E-state index contributed by atoms with van der Waals surface area (Å²) in [5, 5.41) is 11.9. The van der Waals surface area contributed by atoms with Gasteiger partial charge in [0.25, 0.3) is 0 Å². The first kappa shape index (κ1) is 20.3. The Hall–Kier alpha value is -3.43. The maximum absolute atomic E-state index is 11.9. The third-order valence-electron chi connectivity index (χ3n) is 4.70. The Balaban J connectivity index is 1.81. The lowest BCUT2D eigenvalue weighted by atomic mass is 10.2. The first-order valence-corrected chi connectivity index (χ1v) is 9.42. The fraction of sp³-hybridized carbons (Fsp3) is 0.421. The average molecular weight is 400 g/mol. The van der Waals surface area contributed by atoms with Crippen LogP contribution >= 0.6 is 0 Å². The number of nitro groups is 1. The Morgan fingerprint density at radius 1 is 1.21 bits per heavy atom. The van der Waals surface area contributed by atoms with Gasteiger partial charge in [-0.1, -0.05) is 30.3 Å². The second-order valence-corrected chi connectivity index (χ2v) is 6.64. The summed E-state index contributed by atoms with van der Waals surface area (Å²) < 4.78 is 5.02. The van der Waals surface area contributed by atoms with Gasteiger partial charge in [-0.2, -0.15) is 0 Å². The van der Waals surface area contributed by atoms with Gasteiger partial charge in [0.05, 0.1) is 11.5 Å². The van der Waals surface area contributed by atoms with Crippen molar-refractivity contribution in [2.24, 2.45) is 0 Å². The largest absolute Gasteiger partial charge is 0.450 e. The van der Waals surface area contributed by atoms with E-state index >= 15 is 0 Å². The van der Waals surface area contributed by atoms with E-state index in [0.717, 1.165) is 5.56 Å². The second kappa shape index (κ2) is 9.18. The van der Waals surface area contributed by atoms with Gasteiger partial charge in [0.1, 0.15) is 6.33 Å². The molecule has 3 rings (SSSR count). The molecule has 1 amide bonds. The molecule has 1 aliphatic heterocycles. The SMILES string of the molecule is CCOC(=O)N1CCN(c2ncnc(N(C)Cc3ccccc3)c2[N+](=O)[O-])CC1. The van der Waals surface area contributed by atoms with Crippen LogP contribution in [0, 0.1) is 10.1 Å². The zero-order valence-corrected chi connectivity index (χ0v) is 16.5. The van der Waals surface area contributed by atoms with E-state index in [1.165, 1.54) is 6.33 Å². The minimum absolute atomic E-state index is 0.129. The number of aromatic nitrogens is 2. The molecule has 2 aromatic rings. The van der Waals surface area contributed by atoms with Crippen molar-refractivity contribution in [2.45, 2.75) is 13.5 Å². The normalized spacial score (nSPS) is 13.9. The lowest BCUT2D eigenvalue weighted by Gasteiger charge is -2.34. The molecule has 0 N–H and O–H groups in total. The molecule has 0 radical (unpaired) electrons. The number of benzene rings is 1. The number of piperazine rings is 1. The minimum atomic E-state index is -0.441. The predicted octanol–water partition coefficient (Wildman–Crippen LogP) is 2.30. The molecule has 2 heterocycles. The van der Waals surface area contributed by atoms with E-state index in [9.17, 15) is 14.9 Å². The number of anilines is 2. The van der Waals surface area contributed by atoms with Crippen LogP contribution in [-0.4, -0.2) is 65.7 Å². The van der Waals surface area contributed by atoms with Crippen molar-refractivity contribution in [1.82, 2.24) is 14.9 Å². The highest BCUT2D eigenvalue weighted by atomic mass is 16.6. The Bertz CT molecular complexity index is 855. The number of hydrogen-bond donors (Lipinski definition) is 0. The topological polar surface area (TPSA) is 105 Å². The van der Waals surface area contributed by atoms with E-state index < -0.39 is 4.92 Å². The lowest BCUT2D eigenvalue weighted by molar-refractivity contribution is -0.383. The van der Waals surface area contributed by atoms with E-state index in [-0.39, 0.29) is 23.4 Å². The summed E-state index contributed by atoms with van der Waals surface area (Å²) >= 11 is 0. The average Bonchev–Trinajstić information content (AvgIpc) is 2.74. The predicted molar refractivity (Wildman–Crippen MR) is 108 cm³/mol. The number of nitrogens with zero attached hydrogens (tertiary/aromatic N) is 6. The maximum Gasteiger partial charge on any atom is 0.409 e. The van der Waals surface area contributed by atoms with E-state index in [2.05, 4.69) is 9.97 Å². The van der Waals surface area contributed by atoms with Crippen LogP contribution < -0.4 is 9.80 Å². The third-order valence-corrected chi connectivity index (χ3v) is 4.70. The van der Waals surface area contributed by atoms with Crippen LogP contribution in [0.3, 0.4) is 0 Å². The van der Waals surface area contributed by atoms with Crippen molar-refractivity contribution in [3.8, 4) is 0 Å². The smallest absolute Gasteiger partial charge is 0.409 e. The summed E-state index contributed by atoms with van der Waals surface area (Å²) in [5.41, 5.74) is 0.892. The molecule has 1 fully saturated rings. The molecule has 154 valence electrons. The Labute approximate surface area is 168 Å². The van der Waals surface area contributed by atoms with Crippen LogP contribution in [0.15, 0.2) is 36.7 Å². The summed E-state index contributed by atoms with van der Waals surface area (Å²) in [4.78, 5) is 36.8. The van der Waals surface area contributed by atoms with Gasteiger partial charge in [0, 0.05) is 39.8 Å². The van der Waals surface area contributed by atoms with E-state index in [4.69, 9.17) is 4.74 Å². The van der Waals surface area contributed by atoms with Crippen LogP contribution in [0.1, 0.15) is 12.5 Å². The van der Waals surface area contributed by atoms with Gasteiger partial charge in [-0.15, -0.1) is 0 Å². The van der Waals surface area contributed by atoms with Gasteiger partial charge in [0.2, 0.25) is 11.6 Å². The highest BCUT2D eigenvalue weighted by Crippen LogP contribution is 2.34. The van der Waals surface area contributed by atoms with Gasteiger partial charge >= 0.3 is 11.8 Å². The number of rotatable bonds is 6. The number of carbonyl (C=O) groups excluding carboxylic acids is 1. The van der Waals surface area contributed by atoms with Crippen LogP contribution in [0.5, 0.6) is 0 Å². The van der Waals surface area contributed by atoms with Crippen LogP contribution in [0.2, 0.25) is 0 Å². The molecular weight excluding hydrogens is 376 g/mol. The Kier molecular flexibility index (Phi) is 6.43. The molecule has 0 spiro atoms. The molecule has 0 saturated carbocycles. The maximum atomic E-state index is 11.9. The zero-order chi connectivity index (χ0) is 20.8. The molecular formula is C19H24N6O4. The van der Waals surface area contributed by atoms with E-state index in [1.807, 2.05) is 35.2 Å². The van der Waals surface area contributed by atoms with Gasteiger partial charge in [-0.25, -0.2) is 14.8 Å². The molecule has 1 saturated heterocycles. The van der Waals surface area contributed by atoms with Gasteiger partial charge < -0.3 is 19.4 Å². The highest BCUT2D eigenvalue weighted by Gasteiger charge is 2.31. The second-order valence-electron chi connectivity index (χ2n) is 6.64. The third kappa shape index (κ3) is 4.71. The summed E-state index contributed by atoms with van der Waals surface area (Å²) in [7, 11) is 1.77. The standard InChI is InChI=1S/C19H24N6O4/c1-3-29-19(26)24-11-9-23(10-12-24)18-16(25(27)28)17(20-14-21-18)22(2)13-15-7-5-4-6-8-15/h4-8,14H,3,9-13H2,1-2H3. The molecule has 1 aromatic carbocycles. The van der Waals surface area contributed by atoms with Gasteiger partial charge in [0.15, 0.2) is 0 Å². The molecule has 0 bridgehead atoms. The van der Waals surface area contributed by atoms with E-state index in [1.54, 1.807) is 23.8 Å². The Morgan fingerprint density at radius 2 is 1.90 bits per heavy atom. The molecule has 0 aliphatic carbocycles. The summed E-state index contributed by atoms with van der Waals surface area (Å²) in [6.45, 7) is 4.23. The number of carbonyl (C=O) groups is 1. The molecule has 0 unspecified atom stereocenters. The van der Waals surface area contributed by atoms with Crippen molar-refractivity contribution in [3.05, 3.63) is 52.3 Å². The van der Waals surface area contributed by atoms with Gasteiger partial charge in [-0.05, 0) is 12.5 Å². The first-order valence-electron chi connectivity index (χ1n) is 9.42. The first-order chi connectivity index (χ1) is 14.0. The fourth-order valence-electron chi connectivity index (χ4n) is 3.28. The van der Waals surface area contributed by atoms with Crippen molar-refractivity contribution in [3.63, 3.8) is 0 Å². The molecule has 29 heavy (non-hydrogen) atoms. The van der Waals surface area contributed by atoms with Crippen molar-refractivity contribution < 1.29 is 14.5 Å². The summed E-state index contributed by atoms with van der Waals surface area (Å²) in [6, 6.07) is 9.68. The Morgan fingerprint density at radius 3 is 2.52 bits per heavy atom. The zero-order valence-electron chi connectivity index (χ0n) is 16.5. The van der Waals surface area contributed by atoms with Crippen molar-refractivity contribution in [1.29, 1.82) is 0 Å². The summed E-state index contributed by atoms with van der Waals surface area (Å²) in [5.74, 6) is 0.528. The van der Waals surface area contributed by atoms with Crippen LogP contribution in [-0.2, 0) is 11.3 Å². The van der Waals surface area contributed by atoms with Crippen LogP contribution in [0.4, 0.5) is 22.1 Å². The highest BCUT2D eigenvalue weighted by molar-refractivity contribution is 5.72. The molecule has 0 atom stereocenters. The number of ether oxygens (including phenoxy) is 1. The van der Waals surface area contributed by atoms with E-state index in [0.29, 0.717) is 39.3 Å². The fourth-order valence-corrected chi connectivity index (χ4v) is 3.28.